The van der Waals surface area contributed by atoms with Crippen molar-refractivity contribution < 1.29 is 14.3 Å². The molecule has 172 valence electrons. The molecule has 4 rings (SSSR count). The van der Waals surface area contributed by atoms with Crippen LogP contribution < -0.4 is 15.8 Å². The molecule has 0 aliphatic carbocycles. The Labute approximate surface area is 193 Å². The Morgan fingerprint density at radius 3 is 2.58 bits per heavy atom. The molecule has 1 aliphatic rings. The lowest BCUT2D eigenvalue weighted by Crippen LogP contribution is -2.40. The number of hydrogen-bond donors (Lipinski definition) is 2. The maximum atomic E-state index is 12.6. The number of likely N-dealkylation sites (tertiary alicyclic amines) is 1. The second-order valence-electron chi connectivity index (χ2n) is 8.40. The average molecular weight is 448 g/mol. The minimum Gasteiger partial charge on any atom is -0.486 e. The molecule has 1 unspecified atom stereocenters. The van der Waals surface area contributed by atoms with E-state index >= 15 is 0 Å². The van der Waals surface area contributed by atoms with Crippen LogP contribution in [0.4, 0.5) is 5.69 Å². The number of rotatable bonds is 8. The first-order chi connectivity index (χ1) is 16.0. The van der Waals surface area contributed by atoms with Crippen LogP contribution in [0.2, 0.25) is 0 Å². The van der Waals surface area contributed by atoms with E-state index in [-0.39, 0.29) is 17.7 Å². The highest BCUT2D eigenvalue weighted by Gasteiger charge is 2.23. The van der Waals surface area contributed by atoms with Crippen LogP contribution in [0.3, 0.4) is 0 Å². The van der Waals surface area contributed by atoms with Gasteiger partial charge in [-0.1, -0.05) is 12.1 Å². The third-order valence-corrected chi connectivity index (χ3v) is 5.93. The fourth-order valence-electron chi connectivity index (χ4n) is 3.97. The zero-order chi connectivity index (χ0) is 23.2. The molecule has 0 bridgehead atoms. The van der Waals surface area contributed by atoms with Gasteiger partial charge in [-0.15, -0.1) is 0 Å². The van der Waals surface area contributed by atoms with Gasteiger partial charge in [0.15, 0.2) is 0 Å². The highest BCUT2D eigenvalue weighted by Crippen LogP contribution is 2.20. The van der Waals surface area contributed by atoms with Gasteiger partial charge < -0.3 is 20.4 Å². The molecular weight excluding hydrogens is 418 g/mol. The van der Waals surface area contributed by atoms with Crippen molar-refractivity contribution in [2.24, 2.45) is 18.7 Å². The molecule has 3 aromatic rings. The summed E-state index contributed by atoms with van der Waals surface area (Å²) in [6.45, 7) is 2.79. The molecule has 2 aromatic carbocycles. The zero-order valence-corrected chi connectivity index (χ0v) is 18.7. The topological polar surface area (TPSA) is 102 Å². The summed E-state index contributed by atoms with van der Waals surface area (Å²) in [4.78, 5) is 30.6. The van der Waals surface area contributed by atoms with Crippen LogP contribution in [0.1, 0.15) is 34.6 Å². The van der Waals surface area contributed by atoms with Gasteiger partial charge in [0.05, 0.1) is 5.92 Å². The summed E-state index contributed by atoms with van der Waals surface area (Å²) in [6.07, 6.45) is 5.44. The van der Waals surface area contributed by atoms with Crippen molar-refractivity contribution in [2.45, 2.75) is 26.0 Å². The number of carbonyl (C=O) groups excluding carboxylic acids is 2. The fourth-order valence-corrected chi connectivity index (χ4v) is 3.97. The van der Waals surface area contributed by atoms with Crippen LogP contribution in [-0.4, -0.2) is 39.4 Å². The predicted molar refractivity (Wildman–Crippen MR) is 126 cm³/mol. The average Bonchev–Trinajstić information content (AvgIpc) is 3.24. The Hall–Kier alpha value is -3.65. The van der Waals surface area contributed by atoms with E-state index in [9.17, 15) is 9.59 Å². The van der Waals surface area contributed by atoms with Crippen LogP contribution in [0, 0.1) is 5.92 Å². The quantitative estimate of drug-likeness (QED) is 0.553. The molecule has 2 heterocycles. The first-order valence-corrected chi connectivity index (χ1v) is 11.1. The summed E-state index contributed by atoms with van der Waals surface area (Å²) in [5, 5.41) is 2.92. The fraction of sp³-hybridized carbons (Fsp3) is 0.320. The van der Waals surface area contributed by atoms with Gasteiger partial charge in [0.2, 0.25) is 5.91 Å². The van der Waals surface area contributed by atoms with Gasteiger partial charge in [-0.3, -0.25) is 14.5 Å². The molecular formula is C25H29N5O3. The molecule has 1 aromatic heterocycles. The van der Waals surface area contributed by atoms with E-state index in [4.69, 9.17) is 10.5 Å². The monoisotopic (exact) mass is 447 g/mol. The van der Waals surface area contributed by atoms with Crippen molar-refractivity contribution in [3.05, 3.63) is 77.9 Å². The van der Waals surface area contributed by atoms with Crippen LogP contribution >= 0.6 is 0 Å². The summed E-state index contributed by atoms with van der Waals surface area (Å²) in [7, 11) is 1.92. The molecule has 1 saturated heterocycles. The third kappa shape index (κ3) is 5.98. The van der Waals surface area contributed by atoms with E-state index < -0.39 is 0 Å². The Kier molecular flexibility index (Phi) is 7.04. The summed E-state index contributed by atoms with van der Waals surface area (Å²) < 4.78 is 7.63. The van der Waals surface area contributed by atoms with Crippen molar-refractivity contribution in [3.63, 3.8) is 0 Å². The molecule has 1 aliphatic heterocycles. The first kappa shape index (κ1) is 22.5. The number of nitrogens with zero attached hydrogens (tertiary/aromatic N) is 3. The van der Waals surface area contributed by atoms with Gasteiger partial charge in [0.25, 0.3) is 5.91 Å². The van der Waals surface area contributed by atoms with Crippen molar-refractivity contribution in [1.82, 2.24) is 14.5 Å². The minimum atomic E-state index is -0.217. The van der Waals surface area contributed by atoms with Crippen LogP contribution in [0.5, 0.6) is 5.75 Å². The van der Waals surface area contributed by atoms with Crippen molar-refractivity contribution in [3.8, 4) is 5.75 Å². The Balaban J connectivity index is 1.28. The van der Waals surface area contributed by atoms with Crippen LogP contribution in [0.15, 0.2) is 60.9 Å². The van der Waals surface area contributed by atoms with Gasteiger partial charge in [0.1, 0.15) is 18.2 Å². The van der Waals surface area contributed by atoms with Crippen molar-refractivity contribution in [2.75, 3.05) is 18.4 Å². The summed E-state index contributed by atoms with van der Waals surface area (Å²) in [5.74, 6) is 1.04. The largest absolute Gasteiger partial charge is 0.486 e. The van der Waals surface area contributed by atoms with E-state index in [1.165, 1.54) is 0 Å². The number of benzene rings is 2. The molecule has 0 spiro atoms. The standard InChI is InChI=1S/C25H29N5O3/c1-29-14-12-27-23(29)17-33-22-10-6-19(7-11-22)25(32)28-21-8-4-18(5-9-21)15-30-13-2-3-20(16-30)24(26)31/h4-12,14,20H,2-3,13,15-17H2,1H3,(H2,26,31)(H,28,32). The number of aromatic nitrogens is 2. The smallest absolute Gasteiger partial charge is 0.255 e. The number of piperidine rings is 1. The summed E-state index contributed by atoms with van der Waals surface area (Å²) in [6, 6.07) is 14.8. The minimum absolute atomic E-state index is 0.0658. The highest BCUT2D eigenvalue weighted by atomic mass is 16.5. The maximum absolute atomic E-state index is 12.6. The molecule has 33 heavy (non-hydrogen) atoms. The lowest BCUT2D eigenvalue weighted by Gasteiger charge is -2.31. The normalized spacial score (nSPS) is 16.3. The number of nitrogens with two attached hydrogens (primary N) is 1. The number of hydrogen-bond acceptors (Lipinski definition) is 5. The molecule has 8 nitrogen and oxygen atoms in total. The number of aryl methyl sites for hydroxylation is 1. The molecule has 2 amide bonds. The van der Waals surface area contributed by atoms with Crippen LogP contribution in [-0.2, 0) is 25.0 Å². The number of nitrogens with one attached hydrogen (secondary N) is 1. The first-order valence-electron chi connectivity index (χ1n) is 11.1. The zero-order valence-electron chi connectivity index (χ0n) is 18.7. The highest BCUT2D eigenvalue weighted by molar-refractivity contribution is 6.04. The maximum Gasteiger partial charge on any atom is 0.255 e. The Morgan fingerprint density at radius 2 is 1.91 bits per heavy atom. The van der Waals surface area contributed by atoms with Crippen LogP contribution in [0.25, 0.3) is 0 Å². The third-order valence-electron chi connectivity index (χ3n) is 5.93. The van der Waals surface area contributed by atoms with Gasteiger partial charge in [-0.2, -0.15) is 0 Å². The van der Waals surface area contributed by atoms with E-state index in [1.54, 1.807) is 30.5 Å². The second kappa shape index (κ2) is 10.3. The summed E-state index contributed by atoms with van der Waals surface area (Å²) >= 11 is 0. The van der Waals surface area contributed by atoms with Crippen molar-refractivity contribution in [1.29, 1.82) is 0 Å². The number of ether oxygens (including phenoxy) is 1. The lowest BCUT2D eigenvalue weighted by molar-refractivity contribution is -0.123. The number of primary amides is 1. The molecule has 3 N–H and O–H groups in total. The molecule has 8 heteroatoms. The second-order valence-corrected chi connectivity index (χ2v) is 8.40. The number of imidazole rings is 1. The van der Waals surface area contributed by atoms with Gasteiger partial charge in [0, 0.05) is 43.8 Å². The van der Waals surface area contributed by atoms with Crippen molar-refractivity contribution >= 4 is 17.5 Å². The number of carbonyl (C=O) groups is 2. The Bertz CT molecular complexity index is 1090. The van der Waals surface area contributed by atoms with Gasteiger partial charge >= 0.3 is 0 Å². The van der Waals surface area contributed by atoms with E-state index in [2.05, 4.69) is 15.2 Å². The SMILES string of the molecule is Cn1ccnc1COc1ccc(C(=O)Nc2ccc(CN3CCCC(C(N)=O)C3)cc2)cc1. The molecule has 1 fully saturated rings. The van der Waals surface area contributed by atoms with E-state index in [1.807, 2.05) is 42.1 Å². The molecule has 0 radical (unpaired) electrons. The van der Waals surface area contributed by atoms with E-state index in [0.29, 0.717) is 24.5 Å². The molecule has 0 saturated carbocycles. The van der Waals surface area contributed by atoms with Gasteiger partial charge in [-0.25, -0.2) is 4.98 Å². The predicted octanol–water partition coefficient (Wildman–Crippen LogP) is 2.95. The van der Waals surface area contributed by atoms with Gasteiger partial charge in [-0.05, 0) is 61.3 Å². The Morgan fingerprint density at radius 1 is 1.15 bits per heavy atom. The number of anilines is 1. The van der Waals surface area contributed by atoms with E-state index in [0.717, 1.165) is 43.0 Å². The number of amides is 2. The molecule has 1 atom stereocenters. The summed E-state index contributed by atoms with van der Waals surface area (Å²) in [5.41, 5.74) is 7.88. The lowest BCUT2D eigenvalue weighted by atomic mass is 9.97.